The first-order valence-electron chi connectivity index (χ1n) is 5.51. The lowest BCUT2D eigenvalue weighted by atomic mass is 10.3. The largest absolute Gasteiger partial charge is 0.462 e. The molecule has 0 bridgehead atoms. The molecule has 19 heavy (non-hydrogen) atoms. The standard InChI is InChI=1S/C12H11BrN2O3S/c1-2-18-12(17)8-3-4-19-11(8)15-10(16)9-5-7(13)6-14-9/h3-6,14H,2H2,1H3,(H,15,16). The minimum Gasteiger partial charge on any atom is -0.462 e. The first-order chi connectivity index (χ1) is 9.11. The minimum atomic E-state index is -0.438. The van der Waals surface area contributed by atoms with E-state index in [0.29, 0.717) is 22.9 Å². The van der Waals surface area contributed by atoms with Gasteiger partial charge in [0, 0.05) is 10.7 Å². The van der Waals surface area contributed by atoms with E-state index in [4.69, 9.17) is 4.74 Å². The Kier molecular flexibility index (Phi) is 4.39. The summed E-state index contributed by atoms with van der Waals surface area (Å²) in [5.41, 5.74) is 0.779. The van der Waals surface area contributed by atoms with E-state index in [2.05, 4.69) is 26.2 Å². The number of carbonyl (C=O) groups is 2. The number of H-pyrrole nitrogens is 1. The lowest BCUT2D eigenvalue weighted by Crippen LogP contribution is -2.14. The highest BCUT2D eigenvalue weighted by Gasteiger charge is 2.17. The summed E-state index contributed by atoms with van der Waals surface area (Å²) < 4.78 is 5.71. The normalized spacial score (nSPS) is 10.2. The summed E-state index contributed by atoms with van der Waals surface area (Å²) in [7, 11) is 0. The molecule has 0 atom stereocenters. The number of amides is 1. The van der Waals surface area contributed by atoms with Gasteiger partial charge in [0.25, 0.3) is 5.91 Å². The van der Waals surface area contributed by atoms with E-state index < -0.39 is 5.97 Å². The molecule has 0 radical (unpaired) electrons. The number of halogens is 1. The molecule has 0 unspecified atom stereocenters. The van der Waals surface area contributed by atoms with Crippen molar-refractivity contribution in [3.05, 3.63) is 39.4 Å². The van der Waals surface area contributed by atoms with E-state index in [1.165, 1.54) is 11.3 Å². The zero-order chi connectivity index (χ0) is 13.8. The first kappa shape index (κ1) is 13.8. The van der Waals surface area contributed by atoms with Crippen LogP contribution < -0.4 is 5.32 Å². The van der Waals surface area contributed by atoms with Crippen LogP contribution in [0.15, 0.2) is 28.2 Å². The smallest absolute Gasteiger partial charge is 0.341 e. The summed E-state index contributed by atoms with van der Waals surface area (Å²) in [6, 6.07) is 3.29. The second-order valence-electron chi connectivity index (χ2n) is 3.57. The highest BCUT2D eigenvalue weighted by Crippen LogP contribution is 2.25. The number of aromatic amines is 1. The van der Waals surface area contributed by atoms with Gasteiger partial charge in [0.1, 0.15) is 10.7 Å². The summed E-state index contributed by atoms with van der Waals surface area (Å²) in [4.78, 5) is 26.4. The zero-order valence-corrected chi connectivity index (χ0v) is 12.4. The fourth-order valence-electron chi connectivity index (χ4n) is 1.45. The summed E-state index contributed by atoms with van der Waals surface area (Å²) in [5, 5.41) is 4.90. The molecule has 0 saturated heterocycles. The number of aromatic nitrogens is 1. The molecule has 0 aliphatic rings. The second kappa shape index (κ2) is 6.03. The number of hydrogen-bond donors (Lipinski definition) is 2. The maximum Gasteiger partial charge on any atom is 0.341 e. The maximum absolute atomic E-state index is 11.9. The van der Waals surface area contributed by atoms with Gasteiger partial charge >= 0.3 is 5.97 Å². The summed E-state index contributed by atoms with van der Waals surface area (Å²) in [6.45, 7) is 2.03. The van der Waals surface area contributed by atoms with Gasteiger partial charge in [-0.15, -0.1) is 11.3 Å². The Morgan fingerprint density at radius 3 is 2.95 bits per heavy atom. The van der Waals surface area contributed by atoms with Crippen LogP contribution in [0.4, 0.5) is 5.00 Å². The molecule has 2 N–H and O–H groups in total. The van der Waals surface area contributed by atoms with Crippen LogP contribution in [-0.4, -0.2) is 23.5 Å². The third-order valence-electron chi connectivity index (χ3n) is 2.28. The monoisotopic (exact) mass is 342 g/mol. The Bertz CT molecular complexity index is 606. The van der Waals surface area contributed by atoms with Gasteiger partial charge in [-0.25, -0.2) is 4.79 Å². The van der Waals surface area contributed by atoms with Crippen molar-refractivity contribution < 1.29 is 14.3 Å². The number of ether oxygens (including phenoxy) is 1. The van der Waals surface area contributed by atoms with Crippen LogP contribution in [-0.2, 0) is 4.74 Å². The second-order valence-corrected chi connectivity index (χ2v) is 5.40. The molecule has 2 heterocycles. The van der Waals surface area contributed by atoms with E-state index in [0.717, 1.165) is 4.47 Å². The highest BCUT2D eigenvalue weighted by molar-refractivity contribution is 9.10. The predicted octanol–water partition coefficient (Wildman–Crippen LogP) is 3.27. The van der Waals surface area contributed by atoms with Crippen molar-refractivity contribution in [1.29, 1.82) is 0 Å². The molecule has 0 aliphatic heterocycles. The Morgan fingerprint density at radius 1 is 1.53 bits per heavy atom. The average molecular weight is 343 g/mol. The number of thiophene rings is 1. The van der Waals surface area contributed by atoms with E-state index in [9.17, 15) is 9.59 Å². The molecule has 2 rings (SSSR count). The summed E-state index contributed by atoms with van der Waals surface area (Å²) in [6.07, 6.45) is 1.66. The lowest BCUT2D eigenvalue weighted by molar-refractivity contribution is 0.0528. The van der Waals surface area contributed by atoms with Crippen molar-refractivity contribution >= 4 is 44.1 Å². The maximum atomic E-state index is 11.9. The number of nitrogens with one attached hydrogen (secondary N) is 2. The number of carbonyl (C=O) groups excluding carboxylic acids is 2. The molecular weight excluding hydrogens is 332 g/mol. The van der Waals surface area contributed by atoms with E-state index in [1.54, 1.807) is 30.6 Å². The fraction of sp³-hybridized carbons (Fsp3) is 0.167. The SMILES string of the molecule is CCOC(=O)c1ccsc1NC(=O)c1cc(Br)c[nH]1. The lowest BCUT2D eigenvalue weighted by Gasteiger charge is -2.04. The molecule has 2 aromatic heterocycles. The zero-order valence-electron chi connectivity index (χ0n) is 10.0. The Labute approximate surface area is 122 Å². The van der Waals surface area contributed by atoms with Crippen LogP contribution in [0.3, 0.4) is 0 Å². The minimum absolute atomic E-state index is 0.297. The molecule has 5 nitrogen and oxygen atoms in total. The van der Waals surface area contributed by atoms with E-state index in [-0.39, 0.29) is 5.91 Å². The molecule has 7 heteroatoms. The van der Waals surface area contributed by atoms with Crippen LogP contribution in [0.1, 0.15) is 27.8 Å². The van der Waals surface area contributed by atoms with E-state index in [1.807, 2.05) is 0 Å². The Morgan fingerprint density at radius 2 is 2.32 bits per heavy atom. The topological polar surface area (TPSA) is 71.2 Å². The molecule has 0 aliphatic carbocycles. The van der Waals surface area contributed by atoms with Gasteiger partial charge in [-0.05, 0) is 40.4 Å². The number of hydrogen-bond acceptors (Lipinski definition) is 4. The molecule has 0 saturated carbocycles. The van der Waals surface area contributed by atoms with Crippen LogP contribution in [0.2, 0.25) is 0 Å². The van der Waals surface area contributed by atoms with Crippen LogP contribution in [0.25, 0.3) is 0 Å². The molecule has 0 fully saturated rings. The van der Waals surface area contributed by atoms with Crippen molar-refractivity contribution in [2.24, 2.45) is 0 Å². The van der Waals surface area contributed by atoms with Gasteiger partial charge in [0.2, 0.25) is 0 Å². The summed E-state index contributed by atoms with van der Waals surface area (Å²) >= 11 is 4.53. The Balaban J connectivity index is 2.13. The van der Waals surface area contributed by atoms with Crippen LogP contribution >= 0.6 is 27.3 Å². The molecule has 0 aromatic carbocycles. The van der Waals surface area contributed by atoms with Crippen molar-refractivity contribution in [2.75, 3.05) is 11.9 Å². The fourth-order valence-corrected chi connectivity index (χ4v) is 2.56. The molecular formula is C12H11BrN2O3S. The van der Waals surface area contributed by atoms with Gasteiger partial charge in [0.15, 0.2) is 0 Å². The van der Waals surface area contributed by atoms with Crippen LogP contribution in [0, 0.1) is 0 Å². The third kappa shape index (κ3) is 3.24. The van der Waals surface area contributed by atoms with Crippen LogP contribution in [0.5, 0.6) is 0 Å². The van der Waals surface area contributed by atoms with Crippen molar-refractivity contribution in [1.82, 2.24) is 4.98 Å². The number of anilines is 1. The number of esters is 1. The van der Waals surface area contributed by atoms with Gasteiger partial charge in [-0.2, -0.15) is 0 Å². The van der Waals surface area contributed by atoms with Crippen molar-refractivity contribution in [3.63, 3.8) is 0 Å². The molecule has 100 valence electrons. The van der Waals surface area contributed by atoms with Gasteiger partial charge in [-0.3, -0.25) is 4.79 Å². The third-order valence-corrected chi connectivity index (χ3v) is 3.57. The predicted molar refractivity (Wildman–Crippen MR) is 76.7 cm³/mol. The van der Waals surface area contributed by atoms with Gasteiger partial charge < -0.3 is 15.0 Å². The van der Waals surface area contributed by atoms with Crippen molar-refractivity contribution in [3.8, 4) is 0 Å². The molecule has 1 amide bonds. The number of rotatable bonds is 4. The molecule has 2 aromatic rings. The van der Waals surface area contributed by atoms with Gasteiger partial charge in [-0.1, -0.05) is 0 Å². The molecule has 0 spiro atoms. The first-order valence-corrected chi connectivity index (χ1v) is 7.19. The van der Waals surface area contributed by atoms with E-state index >= 15 is 0 Å². The van der Waals surface area contributed by atoms with Gasteiger partial charge in [0.05, 0.1) is 12.2 Å². The van der Waals surface area contributed by atoms with Crippen molar-refractivity contribution in [2.45, 2.75) is 6.92 Å². The Hall–Kier alpha value is -1.60. The quantitative estimate of drug-likeness (QED) is 0.837. The highest BCUT2D eigenvalue weighted by atomic mass is 79.9. The summed E-state index contributed by atoms with van der Waals surface area (Å²) in [5.74, 6) is -0.745. The average Bonchev–Trinajstić information content (AvgIpc) is 2.98.